The zero-order valence-corrected chi connectivity index (χ0v) is 12.8. The molecule has 24 heavy (non-hydrogen) atoms. The van der Waals surface area contributed by atoms with Crippen LogP contribution in [-0.4, -0.2) is 16.1 Å². The summed E-state index contributed by atoms with van der Waals surface area (Å²) in [5.74, 6) is 2.19. The van der Waals surface area contributed by atoms with E-state index >= 15 is 0 Å². The molecular formula is C21H13NO2. The Morgan fingerprint density at radius 2 is 1.58 bits per heavy atom. The molecule has 0 atom stereocenters. The molecule has 0 unspecified atom stereocenters. The van der Waals surface area contributed by atoms with Gasteiger partial charge in [0.05, 0.1) is 12.1 Å². The van der Waals surface area contributed by atoms with Crippen LogP contribution in [-0.2, 0) is 6.54 Å². The van der Waals surface area contributed by atoms with Gasteiger partial charge in [-0.25, -0.2) is 0 Å². The normalized spacial score (nSPS) is 13.2. The van der Waals surface area contributed by atoms with Crippen molar-refractivity contribution in [2.75, 3.05) is 0 Å². The summed E-state index contributed by atoms with van der Waals surface area (Å²) in [6.07, 6.45) is 9.00. The first-order valence-corrected chi connectivity index (χ1v) is 7.62. The molecule has 0 fully saturated rings. The predicted octanol–water partition coefficient (Wildman–Crippen LogP) is 3.74. The minimum absolute atomic E-state index is 0.208. The highest BCUT2D eigenvalue weighted by molar-refractivity contribution is 6.41. The van der Waals surface area contributed by atoms with E-state index in [1.165, 1.54) is 0 Å². The molecule has 1 aliphatic carbocycles. The topological polar surface area (TPSA) is 39.1 Å². The highest BCUT2D eigenvalue weighted by Gasteiger charge is 2.32. The van der Waals surface area contributed by atoms with Crippen LogP contribution >= 0.6 is 0 Å². The van der Waals surface area contributed by atoms with Gasteiger partial charge in [-0.05, 0) is 12.1 Å². The van der Waals surface area contributed by atoms with Crippen molar-refractivity contribution in [3.63, 3.8) is 0 Å². The molecule has 1 aliphatic rings. The number of carbonyl (C=O) groups is 2. The number of nitrogens with zero attached hydrogens (tertiary/aromatic N) is 1. The highest BCUT2D eigenvalue weighted by atomic mass is 16.2. The second kappa shape index (κ2) is 5.36. The number of hydrogen-bond acceptors (Lipinski definition) is 2. The second-order valence-electron chi connectivity index (χ2n) is 5.70. The molecule has 1 heterocycles. The van der Waals surface area contributed by atoms with Gasteiger partial charge >= 0.3 is 0 Å². The van der Waals surface area contributed by atoms with Crippen molar-refractivity contribution in [3.8, 4) is 12.3 Å². The van der Waals surface area contributed by atoms with Crippen molar-refractivity contribution in [1.29, 1.82) is 0 Å². The highest BCUT2D eigenvalue weighted by Crippen LogP contribution is 2.30. The Kier molecular flexibility index (Phi) is 3.18. The van der Waals surface area contributed by atoms with E-state index in [9.17, 15) is 9.59 Å². The fourth-order valence-electron chi connectivity index (χ4n) is 3.18. The Bertz CT molecular complexity index is 1040. The SMILES string of the molecule is C#CCn1cc(C=C2C(=O)c3ccccc3C2=O)c2ccccc21. The number of para-hydroxylation sites is 1. The van der Waals surface area contributed by atoms with Crippen LogP contribution in [0.15, 0.2) is 60.3 Å². The van der Waals surface area contributed by atoms with Crippen molar-refractivity contribution in [3.05, 3.63) is 77.0 Å². The van der Waals surface area contributed by atoms with Gasteiger partial charge < -0.3 is 4.57 Å². The van der Waals surface area contributed by atoms with E-state index in [2.05, 4.69) is 5.92 Å². The number of fused-ring (bicyclic) bond motifs is 2. The molecule has 2 aromatic carbocycles. The Morgan fingerprint density at radius 1 is 0.958 bits per heavy atom. The average Bonchev–Trinajstić information content (AvgIpc) is 3.07. The minimum atomic E-state index is -0.218. The molecule has 3 nitrogen and oxygen atoms in total. The molecule has 1 aromatic heterocycles. The largest absolute Gasteiger partial charge is 0.335 e. The summed E-state index contributed by atoms with van der Waals surface area (Å²) >= 11 is 0. The number of benzene rings is 2. The van der Waals surface area contributed by atoms with Crippen LogP contribution in [0.1, 0.15) is 26.3 Å². The summed E-state index contributed by atoms with van der Waals surface area (Å²) in [5, 5.41) is 0.969. The summed E-state index contributed by atoms with van der Waals surface area (Å²) in [6, 6.07) is 14.7. The summed E-state index contributed by atoms with van der Waals surface area (Å²) in [5.41, 5.74) is 2.96. The van der Waals surface area contributed by atoms with Crippen LogP contribution in [0.2, 0.25) is 0 Å². The lowest BCUT2D eigenvalue weighted by molar-refractivity contribution is 0.0990. The number of Topliss-reactive ketones (excluding diaryl/α,β-unsaturated/α-hetero) is 2. The number of carbonyl (C=O) groups excluding carboxylic acids is 2. The molecule has 0 aliphatic heterocycles. The van der Waals surface area contributed by atoms with Gasteiger partial charge in [0.25, 0.3) is 0 Å². The Hall–Kier alpha value is -3.38. The maximum Gasteiger partial charge on any atom is 0.197 e. The maximum atomic E-state index is 12.6. The van der Waals surface area contributed by atoms with Crippen LogP contribution in [0.5, 0.6) is 0 Å². The van der Waals surface area contributed by atoms with Gasteiger partial charge in [-0.1, -0.05) is 48.4 Å². The van der Waals surface area contributed by atoms with E-state index in [1.54, 1.807) is 30.3 Å². The third-order valence-corrected chi connectivity index (χ3v) is 4.29. The molecular weight excluding hydrogens is 298 g/mol. The predicted molar refractivity (Wildman–Crippen MR) is 93.9 cm³/mol. The molecule has 0 bridgehead atoms. The van der Waals surface area contributed by atoms with Crippen molar-refractivity contribution in [2.24, 2.45) is 0 Å². The fourth-order valence-corrected chi connectivity index (χ4v) is 3.18. The molecule has 0 amide bonds. The summed E-state index contributed by atoms with van der Waals surface area (Å²) in [7, 11) is 0. The molecule has 3 heteroatoms. The molecule has 0 radical (unpaired) electrons. The number of rotatable bonds is 2. The third-order valence-electron chi connectivity index (χ3n) is 4.29. The molecule has 4 rings (SSSR count). The smallest absolute Gasteiger partial charge is 0.197 e. The maximum absolute atomic E-state index is 12.6. The summed E-state index contributed by atoms with van der Waals surface area (Å²) in [6.45, 7) is 0.436. The summed E-state index contributed by atoms with van der Waals surface area (Å²) in [4.78, 5) is 25.1. The lowest BCUT2D eigenvalue weighted by Gasteiger charge is -1.97. The zero-order chi connectivity index (χ0) is 16.7. The van der Waals surface area contributed by atoms with Crippen LogP contribution in [0.25, 0.3) is 17.0 Å². The number of hydrogen-bond donors (Lipinski definition) is 0. The van der Waals surface area contributed by atoms with Gasteiger partial charge in [-0.3, -0.25) is 9.59 Å². The number of ketones is 2. The molecule has 114 valence electrons. The van der Waals surface area contributed by atoms with Crippen LogP contribution in [0.3, 0.4) is 0 Å². The fraction of sp³-hybridized carbons (Fsp3) is 0.0476. The Balaban J connectivity index is 1.89. The minimum Gasteiger partial charge on any atom is -0.335 e. The molecule has 0 N–H and O–H groups in total. The first-order valence-electron chi connectivity index (χ1n) is 7.62. The van der Waals surface area contributed by atoms with Gasteiger partial charge in [-0.15, -0.1) is 6.42 Å². The van der Waals surface area contributed by atoms with Gasteiger partial charge in [-0.2, -0.15) is 0 Å². The van der Waals surface area contributed by atoms with Crippen molar-refractivity contribution in [2.45, 2.75) is 6.54 Å². The van der Waals surface area contributed by atoms with Gasteiger partial charge in [0, 0.05) is 33.8 Å². The monoisotopic (exact) mass is 311 g/mol. The van der Waals surface area contributed by atoms with Crippen LogP contribution in [0.4, 0.5) is 0 Å². The first kappa shape index (κ1) is 14.2. The number of aromatic nitrogens is 1. The van der Waals surface area contributed by atoms with E-state index in [1.807, 2.05) is 35.0 Å². The lowest BCUT2D eigenvalue weighted by Crippen LogP contribution is -2.00. The van der Waals surface area contributed by atoms with E-state index in [0.29, 0.717) is 17.7 Å². The zero-order valence-electron chi connectivity index (χ0n) is 12.8. The third kappa shape index (κ3) is 2.01. The quantitative estimate of drug-likeness (QED) is 0.411. The lowest BCUT2D eigenvalue weighted by atomic mass is 10.1. The van der Waals surface area contributed by atoms with Crippen molar-refractivity contribution < 1.29 is 9.59 Å². The molecule has 0 saturated carbocycles. The van der Waals surface area contributed by atoms with E-state index < -0.39 is 0 Å². The number of terminal acetylenes is 1. The van der Waals surface area contributed by atoms with Crippen molar-refractivity contribution >= 4 is 28.5 Å². The molecule has 0 saturated heterocycles. The average molecular weight is 311 g/mol. The molecule has 3 aromatic rings. The van der Waals surface area contributed by atoms with Crippen LogP contribution in [0, 0.1) is 12.3 Å². The number of allylic oxidation sites excluding steroid dienone is 1. The van der Waals surface area contributed by atoms with E-state index in [4.69, 9.17) is 6.42 Å². The van der Waals surface area contributed by atoms with Gasteiger partial charge in [0.15, 0.2) is 11.6 Å². The van der Waals surface area contributed by atoms with Crippen molar-refractivity contribution in [1.82, 2.24) is 4.57 Å². The standard InChI is InChI=1S/C21H13NO2/c1-2-11-22-13-14(15-7-5-6-10-19(15)22)12-18-20(23)16-8-3-4-9-17(16)21(18)24/h1,3-10,12-13H,11H2. The Labute approximate surface area is 139 Å². The van der Waals surface area contributed by atoms with Gasteiger partial charge in [0.1, 0.15) is 0 Å². The van der Waals surface area contributed by atoms with Gasteiger partial charge in [0.2, 0.25) is 0 Å². The van der Waals surface area contributed by atoms with Crippen LogP contribution < -0.4 is 0 Å². The van der Waals surface area contributed by atoms with E-state index in [0.717, 1.165) is 16.5 Å². The van der Waals surface area contributed by atoms with E-state index in [-0.39, 0.29) is 17.1 Å². The first-order chi connectivity index (χ1) is 11.7. The summed E-state index contributed by atoms with van der Waals surface area (Å²) < 4.78 is 1.94. The Morgan fingerprint density at radius 3 is 2.25 bits per heavy atom. The molecule has 0 spiro atoms. The second-order valence-corrected chi connectivity index (χ2v) is 5.70.